The molecule has 122 valence electrons. The lowest BCUT2D eigenvalue weighted by molar-refractivity contribution is -0.185. The van der Waals surface area contributed by atoms with E-state index in [0.717, 1.165) is 0 Å². The molecule has 2 aliphatic carbocycles. The number of aliphatic hydroxyl groups is 1. The fourth-order valence-electron chi connectivity index (χ4n) is 4.58. The summed E-state index contributed by atoms with van der Waals surface area (Å²) in [5.74, 6) is -0.707. The topological polar surface area (TPSA) is 59.0 Å². The van der Waals surface area contributed by atoms with Gasteiger partial charge >= 0.3 is 0 Å². The van der Waals surface area contributed by atoms with Gasteiger partial charge in [0.15, 0.2) is 23.4 Å². The van der Waals surface area contributed by atoms with Gasteiger partial charge in [0.25, 0.3) is 0 Å². The third-order valence-electron chi connectivity index (χ3n) is 5.61. The number of ketones is 1. The molecule has 5 nitrogen and oxygen atoms in total. The summed E-state index contributed by atoms with van der Waals surface area (Å²) >= 11 is 0. The SMILES string of the molecule is [2H]C1([2H])C[C@]2(O)[C@@]34CCN(C([2H])([2H])[2H])[C@]2([2H])C([2H])([2H])c2ccc(OC)c(c23)OC4C1=O. The second-order valence-electron chi connectivity index (χ2n) is 6.44. The predicted octanol–water partition coefficient (Wildman–Crippen LogP) is 1.05. The number of methoxy groups -OCH3 is 1. The Labute approximate surface area is 146 Å². The zero-order chi connectivity index (χ0) is 23.0. The zero-order valence-electron chi connectivity index (χ0n) is 20.5. The molecule has 0 aromatic heterocycles. The average Bonchev–Trinajstić information content (AvgIpc) is 2.98. The lowest BCUT2D eigenvalue weighted by atomic mass is 9.49. The molecule has 1 aromatic rings. The molecular weight excluding hydrogens is 294 g/mol. The number of carbonyl (C=O) groups excluding carboxylic acids is 1. The van der Waals surface area contributed by atoms with Crippen molar-refractivity contribution in [3.05, 3.63) is 23.3 Å². The van der Waals surface area contributed by atoms with Crippen LogP contribution in [0, 0.1) is 0 Å². The van der Waals surface area contributed by atoms with Gasteiger partial charge in [0.05, 0.1) is 19.5 Å². The number of Topliss-reactive ketones (excluding diaryl/α,β-unsaturated/α-hetero) is 1. The Morgan fingerprint density at radius 1 is 1.57 bits per heavy atom. The van der Waals surface area contributed by atoms with Gasteiger partial charge in [-0.05, 0) is 44.4 Å². The summed E-state index contributed by atoms with van der Waals surface area (Å²) in [7, 11) is 1.36. The molecule has 2 aliphatic heterocycles. The van der Waals surface area contributed by atoms with Crippen LogP contribution in [-0.4, -0.2) is 54.1 Å². The van der Waals surface area contributed by atoms with Crippen LogP contribution >= 0.6 is 0 Å². The van der Waals surface area contributed by atoms with E-state index in [0.29, 0.717) is 4.90 Å². The Hall–Kier alpha value is -1.59. The van der Waals surface area contributed by atoms with Crippen LogP contribution in [0.2, 0.25) is 0 Å². The maximum absolute atomic E-state index is 13.1. The smallest absolute Gasteiger partial charge is 0.174 e. The number of benzene rings is 1. The molecule has 1 saturated heterocycles. The maximum atomic E-state index is 13.1. The van der Waals surface area contributed by atoms with Gasteiger partial charge in [-0.25, -0.2) is 0 Å². The van der Waals surface area contributed by atoms with Crippen LogP contribution in [-0.2, 0) is 16.6 Å². The van der Waals surface area contributed by atoms with Gasteiger partial charge in [-0.2, -0.15) is 0 Å². The van der Waals surface area contributed by atoms with Crippen molar-refractivity contribution < 1.29 is 30.3 Å². The summed E-state index contributed by atoms with van der Waals surface area (Å²) in [4.78, 5) is 13.8. The fraction of sp³-hybridized carbons (Fsp3) is 0.611. The fourth-order valence-corrected chi connectivity index (χ4v) is 4.58. The number of likely N-dealkylation sites (N-methyl/N-ethyl adjacent to an activating group) is 1. The number of likely N-dealkylation sites (tertiary alicyclic amines) is 1. The van der Waals surface area contributed by atoms with E-state index in [9.17, 15) is 11.3 Å². The van der Waals surface area contributed by atoms with E-state index in [-0.39, 0.29) is 35.6 Å². The molecule has 2 bridgehead atoms. The van der Waals surface area contributed by atoms with Crippen LogP contribution < -0.4 is 9.47 Å². The van der Waals surface area contributed by atoms with Crippen molar-refractivity contribution in [2.24, 2.45) is 0 Å². The number of hydrogen-bond donors (Lipinski definition) is 1. The van der Waals surface area contributed by atoms with Gasteiger partial charge in [-0.3, -0.25) is 4.79 Å². The van der Waals surface area contributed by atoms with Crippen molar-refractivity contribution in [3.8, 4) is 11.5 Å². The molecule has 1 unspecified atom stereocenters. The van der Waals surface area contributed by atoms with Crippen LogP contribution in [0.1, 0.15) is 41.3 Å². The average molecular weight is 323 g/mol. The van der Waals surface area contributed by atoms with Crippen molar-refractivity contribution in [1.29, 1.82) is 0 Å². The number of rotatable bonds is 1. The van der Waals surface area contributed by atoms with Gasteiger partial charge in [0.2, 0.25) is 0 Å². The highest BCUT2D eigenvalue weighted by Gasteiger charge is 2.72. The molecule has 2 fully saturated rings. The molecule has 0 radical (unpaired) electrons. The number of nitrogens with zero attached hydrogens (tertiary/aromatic N) is 1. The Kier molecular flexibility index (Phi) is 1.42. The number of hydrogen-bond acceptors (Lipinski definition) is 5. The van der Waals surface area contributed by atoms with E-state index in [2.05, 4.69) is 0 Å². The molecule has 4 atom stereocenters. The number of carbonyl (C=O) groups is 1. The monoisotopic (exact) mass is 323 g/mol. The van der Waals surface area contributed by atoms with E-state index >= 15 is 0 Å². The highest BCUT2D eigenvalue weighted by Crippen LogP contribution is 2.64. The zero-order valence-corrected chi connectivity index (χ0v) is 12.5. The summed E-state index contributed by atoms with van der Waals surface area (Å²) in [6.07, 6.45) is -7.99. The van der Waals surface area contributed by atoms with E-state index in [1.807, 2.05) is 0 Å². The summed E-state index contributed by atoms with van der Waals surface area (Å²) in [6.45, 7) is -3.25. The Morgan fingerprint density at radius 3 is 3.22 bits per heavy atom. The summed E-state index contributed by atoms with van der Waals surface area (Å²) in [6, 6.07) is -0.0463. The molecule has 4 aliphatic rings. The van der Waals surface area contributed by atoms with E-state index in [4.69, 9.17) is 19.1 Å². The molecule has 5 rings (SSSR count). The largest absolute Gasteiger partial charge is 0.493 e. The van der Waals surface area contributed by atoms with Gasteiger partial charge in [0.1, 0.15) is 0 Å². The van der Waals surface area contributed by atoms with Gasteiger partial charge in [0, 0.05) is 27.5 Å². The van der Waals surface area contributed by atoms with Gasteiger partial charge in [-0.1, -0.05) is 6.07 Å². The third kappa shape index (κ3) is 1.32. The van der Waals surface area contributed by atoms with E-state index < -0.39 is 55.1 Å². The Balaban J connectivity index is 1.95. The van der Waals surface area contributed by atoms with Crippen molar-refractivity contribution in [3.63, 3.8) is 0 Å². The lowest BCUT2D eigenvalue weighted by Gasteiger charge is -2.62. The molecule has 2 heterocycles. The van der Waals surface area contributed by atoms with E-state index in [1.165, 1.54) is 19.2 Å². The van der Waals surface area contributed by atoms with Crippen molar-refractivity contribution in [1.82, 2.24) is 4.90 Å². The Morgan fingerprint density at radius 2 is 2.43 bits per heavy atom. The first kappa shape index (κ1) is 7.99. The first-order valence-electron chi connectivity index (χ1n) is 11.5. The van der Waals surface area contributed by atoms with Crippen LogP contribution in [0.4, 0.5) is 0 Å². The van der Waals surface area contributed by atoms with Gasteiger partial charge in [-0.15, -0.1) is 0 Å². The van der Waals surface area contributed by atoms with Crippen molar-refractivity contribution in [2.45, 2.75) is 48.7 Å². The van der Waals surface area contributed by atoms with Crippen LogP contribution in [0.25, 0.3) is 0 Å². The molecule has 0 amide bonds. The number of ether oxygens (including phenoxy) is 2. The Bertz CT molecular complexity index is 1030. The standard InChI is InChI=1S/C18H21NO4/c1-19-8-7-17-14-10-3-4-12(22-2)15(14)23-16(17)11(20)5-6-18(17,21)13(19)9-10/h3-4,13,16,21H,5-9H2,1-2H3/t13-,16?,17+,18-/m1/s1/i1D3,5D2,9D2,13D. The molecule has 23 heavy (non-hydrogen) atoms. The van der Waals surface area contributed by atoms with Crippen molar-refractivity contribution in [2.75, 3.05) is 20.6 Å². The minimum Gasteiger partial charge on any atom is -0.493 e. The molecule has 1 saturated carbocycles. The lowest BCUT2D eigenvalue weighted by Crippen LogP contribution is -2.76. The maximum Gasteiger partial charge on any atom is 0.174 e. The molecule has 5 heteroatoms. The van der Waals surface area contributed by atoms with E-state index in [1.54, 1.807) is 0 Å². The highest BCUT2D eigenvalue weighted by atomic mass is 16.5. The quantitative estimate of drug-likeness (QED) is 0.837. The highest BCUT2D eigenvalue weighted by molar-refractivity contribution is 5.90. The molecule has 1 spiro atoms. The third-order valence-corrected chi connectivity index (χ3v) is 5.61. The van der Waals surface area contributed by atoms with Crippen molar-refractivity contribution >= 4 is 5.78 Å². The minimum absolute atomic E-state index is 0.0303. The molecular formula is C18H21NO4. The van der Waals surface area contributed by atoms with Crippen LogP contribution in [0.5, 0.6) is 11.5 Å². The van der Waals surface area contributed by atoms with Crippen LogP contribution in [0.3, 0.4) is 0 Å². The van der Waals surface area contributed by atoms with Crippen LogP contribution in [0.15, 0.2) is 12.1 Å². The molecule has 1 aromatic carbocycles. The number of piperidine rings is 1. The minimum atomic E-state index is -2.94. The van der Waals surface area contributed by atoms with Gasteiger partial charge < -0.3 is 19.5 Å². The molecule has 1 N–H and O–H groups in total. The second-order valence-corrected chi connectivity index (χ2v) is 6.44. The summed E-state index contributed by atoms with van der Waals surface area (Å²) < 4.78 is 78.6. The summed E-state index contributed by atoms with van der Waals surface area (Å²) in [5.41, 5.74) is -4.15. The normalized spacial score (nSPS) is 53.8. The second kappa shape index (κ2) is 4.08. The predicted molar refractivity (Wildman–Crippen MR) is 83.0 cm³/mol. The summed E-state index contributed by atoms with van der Waals surface area (Å²) in [5, 5.41) is 12.1. The first-order valence-corrected chi connectivity index (χ1v) is 7.54. The first-order chi connectivity index (χ1) is 14.1.